The molecule has 0 fully saturated rings. The Balaban J connectivity index is 1.24. The van der Waals surface area contributed by atoms with Crippen molar-refractivity contribution in [1.29, 1.82) is 0 Å². The lowest BCUT2D eigenvalue weighted by Crippen LogP contribution is -2.14. The topological polar surface area (TPSA) is 43.9 Å². The van der Waals surface area contributed by atoms with Crippen LogP contribution in [0.2, 0.25) is 0 Å². The summed E-state index contributed by atoms with van der Waals surface area (Å²) in [5, 5.41) is 3.47. The first-order valence-corrected chi connectivity index (χ1v) is 16.1. The number of hydrogen-bond donors (Lipinski definition) is 0. The minimum absolute atomic E-state index is 0.0629. The lowest BCUT2D eigenvalue weighted by molar-refractivity contribution is 0.661. The van der Waals surface area contributed by atoms with Gasteiger partial charge in [0.2, 0.25) is 0 Å². The van der Waals surface area contributed by atoms with Crippen LogP contribution >= 0.6 is 0 Å². The SMILES string of the molecule is CC1(C)c2ccccc2-c2cc3c(cc21)c1ccccc1n3-c1ccc2c(c1)oc1c(-c3ccccc3)nc(-c3ccccc3)nc12. The van der Waals surface area contributed by atoms with Gasteiger partial charge in [-0.2, -0.15) is 0 Å². The molecule has 0 radical (unpaired) electrons. The van der Waals surface area contributed by atoms with Gasteiger partial charge < -0.3 is 8.98 Å². The zero-order valence-corrected chi connectivity index (χ0v) is 26.0. The molecule has 3 heterocycles. The lowest BCUT2D eigenvalue weighted by atomic mass is 9.82. The van der Waals surface area contributed by atoms with Gasteiger partial charge >= 0.3 is 0 Å². The molecule has 222 valence electrons. The van der Waals surface area contributed by atoms with Crippen LogP contribution in [0.15, 0.2) is 144 Å². The van der Waals surface area contributed by atoms with E-state index in [2.05, 4.69) is 122 Å². The van der Waals surface area contributed by atoms with E-state index in [1.165, 1.54) is 44.1 Å². The minimum Gasteiger partial charge on any atom is -0.452 e. The van der Waals surface area contributed by atoms with E-state index < -0.39 is 0 Å². The van der Waals surface area contributed by atoms with Crippen molar-refractivity contribution in [2.45, 2.75) is 19.3 Å². The first kappa shape index (κ1) is 26.2. The predicted molar refractivity (Wildman–Crippen MR) is 192 cm³/mol. The van der Waals surface area contributed by atoms with Gasteiger partial charge in [0.25, 0.3) is 0 Å². The highest BCUT2D eigenvalue weighted by molar-refractivity contribution is 6.12. The number of nitrogens with zero attached hydrogens (tertiary/aromatic N) is 3. The van der Waals surface area contributed by atoms with E-state index in [4.69, 9.17) is 14.4 Å². The van der Waals surface area contributed by atoms with Gasteiger partial charge in [0, 0.05) is 44.5 Å². The van der Waals surface area contributed by atoms with Crippen LogP contribution in [0.25, 0.3) is 83.3 Å². The molecule has 0 saturated carbocycles. The molecule has 0 amide bonds. The molecule has 9 aromatic rings. The Morgan fingerprint density at radius 1 is 0.553 bits per heavy atom. The maximum atomic E-state index is 6.70. The summed E-state index contributed by atoms with van der Waals surface area (Å²) in [6, 6.07) is 49.3. The Hall–Kier alpha value is -6.00. The van der Waals surface area contributed by atoms with Crippen LogP contribution in [-0.2, 0) is 5.41 Å². The summed E-state index contributed by atoms with van der Waals surface area (Å²) in [4.78, 5) is 10.1. The van der Waals surface area contributed by atoms with Gasteiger partial charge in [-0.05, 0) is 52.6 Å². The van der Waals surface area contributed by atoms with Gasteiger partial charge in [-0.1, -0.05) is 117 Å². The molecule has 3 aromatic heterocycles. The van der Waals surface area contributed by atoms with Crippen LogP contribution in [0, 0.1) is 0 Å². The monoisotopic (exact) mass is 603 g/mol. The predicted octanol–water partition coefficient (Wildman–Crippen LogP) is 11.1. The van der Waals surface area contributed by atoms with Crippen molar-refractivity contribution >= 4 is 43.9 Å². The van der Waals surface area contributed by atoms with E-state index in [-0.39, 0.29) is 5.41 Å². The van der Waals surface area contributed by atoms with Crippen molar-refractivity contribution in [3.63, 3.8) is 0 Å². The fraction of sp³-hybridized carbons (Fsp3) is 0.0698. The van der Waals surface area contributed by atoms with E-state index in [1.807, 2.05) is 36.4 Å². The number of rotatable bonds is 3. The molecule has 4 nitrogen and oxygen atoms in total. The van der Waals surface area contributed by atoms with Gasteiger partial charge in [-0.3, -0.25) is 0 Å². The standard InChI is InChI=1S/C43H29N3O/c1-43(2)34-19-11-9-17-29(34)32-25-37-33(24-35(32)43)30-18-10-12-20-36(30)46(37)28-21-22-31-38(23-28)47-41-39(26-13-5-3-6-14-26)44-42(45-40(31)41)27-15-7-4-8-16-27/h3-25H,1-2H3. The summed E-state index contributed by atoms with van der Waals surface area (Å²) in [5.41, 5.74) is 13.8. The maximum Gasteiger partial charge on any atom is 0.180 e. The van der Waals surface area contributed by atoms with Gasteiger partial charge in [0.15, 0.2) is 11.4 Å². The smallest absolute Gasteiger partial charge is 0.180 e. The van der Waals surface area contributed by atoms with Crippen LogP contribution in [-0.4, -0.2) is 14.5 Å². The fourth-order valence-electron chi connectivity index (χ4n) is 7.72. The van der Waals surface area contributed by atoms with Crippen LogP contribution < -0.4 is 0 Å². The number of fused-ring (bicyclic) bond motifs is 9. The number of para-hydroxylation sites is 1. The number of benzene rings is 6. The van der Waals surface area contributed by atoms with Crippen LogP contribution in [0.5, 0.6) is 0 Å². The van der Waals surface area contributed by atoms with Crippen molar-refractivity contribution in [3.8, 4) is 39.5 Å². The molecule has 6 aromatic carbocycles. The third-order valence-electron chi connectivity index (χ3n) is 10.0. The molecule has 0 bridgehead atoms. The number of hydrogen-bond acceptors (Lipinski definition) is 3. The zero-order valence-electron chi connectivity index (χ0n) is 26.0. The van der Waals surface area contributed by atoms with Gasteiger partial charge in [-0.15, -0.1) is 0 Å². The molecule has 10 rings (SSSR count). The molecule has 4 heteroatoms. The highest BCUT2D eigenvalue weighted by atomic mass is 16.3. The molecule has 0 aliphatic heterocycles. The van der Waals surface area contributed by atoms with E-state index in [9.17, 15) is 0 Å². The van der Waals surface area contributed by atoms with E-state index in [0.717, 1.165) is 39.0 Å². The lowest BCUT2D eigenvalue weighted by Gasteiger charge is -2.21. The maximum absolute atomic E-state index is 6.70. The second-order valence-electron chi connectivity index (χ2n) is 13.0. The van der Waals surface area contributed by atoms with Crippen molar-refractivity contribution in [1.82, 2.24) is 14.5 Å². The number of furan rings is 1. The molecule has 47 heavy (non-hydrogen) atoms. The Kier molecular flexibility index (Phi) is 5.31. The molecular weight excluding hydrogens is 574 g/mol. The average molecular weight is 604 g/mol. The van der Waals surface area contributed by atoms with Crippen LogP contribution in [0.1, 0.15) is 25.0 Å². The molecule has 0 atom stereocenters. The molecule has 1 aliphatic carbocycles. The first-order valence-electron chi connectivity index (χ1n) is 16.1. The average Bonchev–Trinajstić information content (AvgIpc) is 3.73. The van der Waals surface area contributed by atoms with Gasteiger partial charge in [0.1, 0.15) is 16.8 Å². The Morgan fingerprint density at radius 2 is 1.28 bits per heavy atom. The Labute approximate surface area is 271 Å². The Morgan fingerprint density at radius 3 is 2.11 bits per heavy atom. The van der Waals surface area contributed by atoms with E-state index in [0.29, 0.717) is 11.4 Å². The quantitative estimate of drug-likeness (QED) is 0.202. The molecule has 0 spiro atoms. The third-order valence-corrected chi connectivity index (χ3v) is 10.0. The normalized spacial score (nSPS) is 13.5. The summed E-state index contributed by atoms with van der Waals surface area (Å²) in [7, 11) is 0. The zero-order chi connectivity index (χ0) is 31.3. The Bertz CT molecular complexity index is 2700. The second-order valence-corrected chi connectivity index (χ2v) is 13.0. The molecule has 0 saturated heterocycles. The second kappa shape index (κ2) is 9.51. The summed E-state index contributed by atoms with van der Waals surface area (Å²) < 4.78 is 9.08. The van der Waals surface area contributed by atoms with Crippen molar-refractivity contribution in [2.24, 2.45) is 0 Å². The summed E-state index contributed by atoms with van der Waals surface area (Å²) >= 11 is 0. The van der Waals surface area contributed by atoms with E-state index in [1.54, 1.807) is 0 Å². The largest absolute Gasteiger partial charge is 0.452 e. The first-order chi connectivity index (χ1) is 23.1. The minimum atomic E-state index is -0.0629. The van der Waals surface area contributed by atoms with Crippen molar-refractivity contribution < 1.29 is 4.42 Å². The molecule has 0 N–H and O–H groups in total. The summed E-state index contributed by atoms with van der Waals surface area (Å²) in [6.07, 6.45) is 0. The number of aromatic nitrogens is 3. The van der Waals surface area contributed by atoms with E-state index >= 15 is 0 Å². The van der Waals surface area contributed by atoms with Crippen molar-refractivity contribution in [2.75, 3.05) is 0 Å². The van der Waals surface area contributed by atoms with Crippen molar-refractivity contribution in [3.05, 3.63) is 151 Å². The third kappa shape index (κ3) is 3.70. The molecular formula is C43H29N3O. The molecule has 0 unspecified atom stereocenters. The highest BCUT2D eigenvalue weighted by Crippen LogP contribution is 2.51. The summed E-state index contributed by atoms with van der Waals surface area (Å²) in [6.45, 7) is 4.68. The van der Waals surface area contributed by atoms with Gasteiger partial charge in [-0.25, -0.2) is 9.97 Å². The summed E-state index contributed by atoms with van der Waals surface area (Å²) in [5.74, 6) is 0.684. The van der Waals surface area contributed by atoms with Crippen LogP contribution in [0.3, 0.4) is 0 Å². The highest BCUT2D eigenvalue weighted by Gasteiger charge is 2.36. The molecule has 1 aliphatic rings. The van der Waals surface area contributed by atoms with Gasteiger partial charge in [0.05, 0.1) is 11.0 Å². The fourth-order valence-corrected chi connectivity index (χ4v) is 7.72. The van der Waals surface area contributed by atoms with Crippen LogP contribution in [0.4, 0.5) is 0 Å².